The van der Waals surface area contributed by atoms with Gasteiger partial charge in [0, 0.05) is 13.6 Å². The number of aliphatic hydroxyl groups excluding tert-OH is 1. The van der Waals surface area contributed by atoms with Gasteiger partial charge in [-0.05, 0) is 18.1 Å². The normalized spacial score (nSPS) is 10.2. The first-order chi connectivity index (χ1) is 9.15. The van der Waals surface area contributed by atoms with Crippen molar-refractivity contribution in [3.8, 4) is 6.07 Å². The number of nitrogens with one attached hydrogen (secondary N) is 1. The molecule has 2 rings (SSSR count). The molecule has 5 nitrogen and oxygen atoms in total. The summed E-state index contributed by atoms with van der Waals surface area (Å²) in [5, 5.41) is 25.7. The molecule has 98 valence electrons. The quantitative estimate of drug-likeness (QED) is 0.873. The summed E-state index contributed by atoms with van der Waals surface area (Å²) in [4.78, 5) is 0. The van der Waals surface area contributed by atoms with E-state index < -0.39 is 0 Å². The SMILES string of the molecule is Cc1nn(C)c(NCc2cccc(CO)c2)c1C#N. The summed E-state index contributed by atoms with van der Waals surface area (Å²) in [6.45, 7) is 2.43. The molecule has 0 atom stereocenters. The number of rotatable bonds is 4. The molecule has 0 bridgehead atoms. The maximum Gasteiger partial charge on any atom is 0.142 e. The van der Waals surface area contributed by atoms with Gasteiger partial charge in [-0.1, -0.05) is 24.3 Å². The molecule has 19 heavy (non-hydrogen) atoms. The second-order valence-corrected chi connectivity index (χ2v) is 4.38. The van der Waals surface area contributed by atoms with Crippen molar-refractivity contribution < 1.29 is 5.11 Å². The van der Waals surface area contributed by atoms with Gasteiger partial charge in [0.1, 0.15) is 17.5 Å². The maximum atomic E-state index is 9.12. The summed E-state index contributed by atoms with van der Waals surface area (Å²) in [7, 11) is 1.81. The highest BCUT2D eigenvalue weighted by molar-refractivity contribution is 5.55. The number of nitriles is 1. The van der Waals surface area contributed by atoms with E-state index in [-0.39, 0.29) is 6.61 Å². The summed E-state index contributed by atoms with van der Waals surface area (Å²) >= 11 is 0. The first kappa shape index (κ1) is 13.1. The van der Waals surface area contributed by atoms with Gasteiger partial charge in [-0.2, -0.15) is 10.4 Å². The molecule has 0 spiro atoms. The van der Waals surface area contributed by atoms with Crippen LogP contribution < -0.4 is 5.32 Å². The predicted octanol–water partition coefficient (Wildman–Crippen LogP) is 1.70. The predicted molar refractivity (Wildman–Crippen MR) is 72.4 cm³/mol. The zero-order valence-corrected chi connectivity index (χ0v) is 11.0. The van der Waals surface area contributed by atoms with Crippen LogP contribution in [0.15, 0.2) is 24.3 Å². The molecule has 0 radical (unpaired) electrons. The van der Waals surface area contributed by atoms with E-state index in [1.807, 2.05) is 31.2 Å². The van der Waals surface area contributed by atoms with E-state index in [4.69, 9.17) is 10.4 Å². The van der Waals surface area contributed by atoms with Crippen molar-refractivity contribution in [1.29, 1.82) is 5.26 Å². The van der Waals surface area contributed by atoms with Crippen molar-refractivity contribution in [2.75, 3.05) is 5.32 Å². The molecule has 0 aliphatic carbocycles. The largest absolute Gasteiger partial charge is 0.392 e. The van der Waals surface area contributed by atoms with E-state index in [2.05, 4.69) is 16.5 Å². The smallest absolute Gasteiger partial charge is 0.142 e. The fraction of sp³-hybridized carbons (Fsp3) is 0.286. The number of anilines is 1. The summed E-state index contributed by atoms with van der Waals surface area (Å²) in [5.74, 6) is 0.717. The molecule has 5 heteroatoms. The van der Waals surface area contributed by atoms with Gasteiger partial charge in [0.15, 0.2) is 0 Å². The third-order valence-corrected chi connectivity index (χ3v) is 2.97. The van der Waals surface area contributed by atoms with Crippen molar-refractivity contribution in [2.24, 2.45) is 7.05 Å². The van der Waals surface area contributed by atoms with Crippen LogP contribution in [-0.4, -0.2) is 14.9 Å². The lowest BCUT2D eigenvalue weighted by Crippen LogP contribution is -2.06. The second-order valence-electron chi connectivity index (χ2n) is 4.38. The monoisotopic (exact) mass is 256 g/mol. The molecule has 2 N–H and O–H groups in total. The Morgan fingerprint density at radius 2 is 2.16 bits per heavy atom. The van der Waals surface area contributed by atoms with Crippen molar-refractivity contribution in [2.45, 2.75) is 20.1 Å². The Kier molecular flexibility index (Phi) is 3.83. The second kappa shape index (κ2) is 5.55. The molecule has 0 amide bonds. The van der Waals surface area contributed by atoms with Crippen LogP contribution in [0.4, 0.5) is 5.82 Å². The lowest BCUT2D eigenvalue weighted by atomic mass is 10.1. The van der Waals surface area contributed by atoms with Crippen molar-refractivity contribution in [3.05, 3.63) is 46.6 Å². The average molecular weight is 256 g/mol. The summed E-state index contributed by atoms with van der Waals surface area (Å²) in [6.07, 6.45) is 0. The Morgan fingerprint density at radius 3 is 2.84 bits per heavy atom. The Morgan fingerprint density at radius 1 is 1.42 bits per heavy atom. The summed E-state index contributed by atoms with van der Waals surface area (Å²) in [6, 6.07) is 9.84. The molecule has 1 aromatic carbocycles. The van der Waals surface area contributed by atoms with Gasteiger partial charge >= 0.3 is 0 Å². The highest BCUT2D eigenvalue weighted by Gasteiger charge is 2.12. The molecular formula is C14H16N4O. The van der Waals surface area contributed by atoms with Gasteiger partial charge in [-0.3, -0.25) is 4.68 Å². The first-order valence-corrected chi connectivity index (χ1v) is 6.02. The third kappa shape index (κ3) is 2.75. The van der Waals surface area contributed by atoms with Crippen molar-refractivity contribution in [3.63, 3.8) is 0 Å². The molecule has 0 aliphatic rings. The molecule has 1 aromatic heterocycles. The highest BCUT2D eigenvalue weighted by atomic mass is 16.3. The molecule has 0 unspecified atom stereocenters. The number of benzene rings is 1. The Labute approximate surface area is 112 Å². The van der Waals surface area contributed by atoms with Crippen LogP contribution in [0.3, 0.4) is 0 Å². The van der Waals surface area contributed by atoms with Gasteiger partial charge in [-0.15, -0.1) is 0 Å². The summed E-state index contributed by atoms with van der Waals surface area (Å²) < 4.78 is 1.67. The van der Waals surface area contributed by atoms with E-state index in [1.54, 1.807) is 11.7 Å². The number of hydrogen-bond donors (Lipinski definition) is 2. The van der Waals surface area contributed by atoms with E-state index in [0.717, 1.165) is 22.6 Å². The molecule has 0 saturated carbocycles. The number of aliphatic hydroxyl groups is 1. The zero-order valence-electron chi connectivity index (χ0n) is 11.0. The lowest BCUT2D eigenvalue weighted by Gasteiger charge is -2.08. The number of aryl methyl sites for hydroxylation is 2. The molecule has 0 saturated heterocycles. The van der Waals surface area contributed by atoms with Crippen LogP contribution >= 0.6 is 0 Å². The average Bonchev–Trinajstić information content (AvgIpc) is 2.70. The van der Waals surface area contributed by atoms with E-state index in [0.29, 0.717) is 12.1 Å². The van der Waals surface area contributed by atoms with E-state index in [9.17, 15) is 0 Å². The van der Waals surface area contributed by atoms with Crippen LogP contribution in [0.25, 0.3) is 0 Å². The number of hydrogen-bond acceptors (Lipinski definition) is 4. The van der Waals surface area contributed by atoms with Crippen molar-refractivity contribution >= 4 is 5.82 Å². The number of nitrogens with zero attached hydrogens (tertiary/aromatic N) is 3. The minimum Gasteiger partial charge on any atom is -0.392 e. The van der Waals surface area contributed by atoms with Gasteiger partial charge in [0.2, 0.25) is 0 Å². The van der Waals surface area contributed by atoms with Crippen LogP contribution in [0, 0.1) is 18.3 Å². The third-order valence-electron chi connectivity index (χ3n) is 2.97. The van der Waals surface area contributed by atoms with Crippen molar-refractivity contribution in [1.82, 2.24) is 9.78 Å². The Hall–Kier alpha value is -2.32. The van der Waals surface area contributed by atoms with Crippen LogP contribution in [0.1, 0.15) is 22.4 Å². The standard InChI is InChI=1S/C14H16N4O/c1-10-13(7-15)14(18(2)17-10)16-8-11-4-3-5-12(6-11)9-19/h3-6,16,19H,8-9H2,1-2H3. The van der Waals surface area contributed by atoms with Gasteiger partial charge in [0.05, 0.1) is 12.3 Å². The van der Waals surface area contributed by atoms with Crippen LogP contribution in [-0.2, 0) is 20.2 Å². The summed E-state index contributed by atoms with van der Waals surface area (Å²) in [5.41, 5.74) is 3.22. The zero-order chi connectivity index (χ0) is 13.8. The topological polar surface area (TPSA) is 73.9 Å². The number of aromatic nitrogens is 2. The lowest BCUT2D eigenvalue weighted by molar-refractivity contribution is 0.281. The highest BCUT2D eigenvalue weighted by Crippen LogP contribution is 2.18. The Bertz CT molecular complexity index is 625. The molecule has 0 fully saturated rings. The molecule has 1 heterocycles. The van der Waals surface area contributed by atoms with Gasteiger partial charge in [0.25, 0.3) is 0 Å². The molecular weight excluding hydrogens is 240 g/mol. The van der Waals surface area contributed by atoms with Crippen LogP contribution in [0.2, 0.25) is 0 Å². The minimum atomic E-state index is 0.0299. The van der Waals surface area contributed by atoms with Gasteiger partial charge in [-0.25, -0.2) is 0 Å². The fourth-order valence-electron chi connectivity index (χ4n) is 2.02. The molecule has 2 aromatic rings. The van der Waals surface area contributed by atoms with E-state index in [1.165, 1.54) is 0 Å². The fourth-order valence-corrected chi connectivity index (χ4v) is 2.02. The van der Waals surface area contributed by atoms with Gasteiger partial charge < -0.3 is 10.4 Å². The Balaban J connectivity index is 2.17. The first-order valence-electron chi connectivity index (χ1n) is 6.02. The maximum absolute atomic E-state index is 9.12. The molecule has 0 aliphatic heterocycles. The van der Waals surface area contributed by atoms with E-state index >= 15 is 0 Å². The minimum absolute atomic E-state index is 0.0299. The van der Waals surface area contributed by atoms with Crippen LogP contribution in [0.5, 0.6) is 0 Å².